The lowest BCUT2D eigenvalue weighted by atomic mass is 9.91. The molecule has 0 spiro atoms. The molecule has 2 unspecified atom stereocenters. The third-order valence-corrected chi connectivity index (χ3v) is 4.48. The number of benzene rings is 1. The van der Waals surface area contributed by atoms with Crippen molar-refractivity contribution in [3.05, 3.63) is 23.8 Å². The molecule has 2 atom stereocenters. The smallest absolute Gasteiger partial charge is 0.0373 e. The monoisotopic (exact) mass is 275 g/mol. The summed E-state index contributed by atoms with van der Waals surface area (Å²) in [5.41, 5.74) is 3.86. The van der Waals surface area contributed by atoms with Gasteiger partial charge in [0, 0.05) is 38.1 Å². The summed E-state index contributed by atoms with van der Waals surface area (Å²) in [5, 5.41) is 3.72. The standard InChI is InChI=1S/C17H29N3/c1-13-11-16(19(3)4)8-9-17(13)18-14(2)15-7-6-10-20(5)12-15/h8-9,11,14-15,18H,6-7,10,12H2,1-5H3. The van der Waals surface area contributed by atoms with Crippen LogP contribution in [0.4, 0.5) is 11.4 Å². The van der Waals surface area contributed by atoms with E-state index in [1.54, 1.807) is 0 Å². The molecule has 1 aliphatic rings. The average molecular weight is 275 g/mol. The molecule has 3 heteroatoms. The van der Waals surface area contributed by atoms with Crippen LogP contribution in [0.3, 0.4) is 0 Å². The van der Waals surface area contributed by atoms with Crippen molar-refractivity contribution >= 4 is 11.4 Å². The summed E-state index contributed by atoms with van der Waals surface area (Å²) in [5.74, 6) is 0.752. The highest BCUT2D eigenvalue weighted by molar-refractivity contribution is 5.60. The minimum absolute atomic E-state index is 0.529. The summed E-state index contributed by atoms with van der Waals surface area (Å²) >= 11 is 0. The molecular weight excluding hydrogens is 246 g/mol. The number of piperidine rings is 1. The largest absolute Gasteiger partial charge is 0.382 e. The van der Waals surface area contributed by atoms with Gasteiger partial charge in [-0.3, -0.25) is 0 Å². The summed E-state index contributed by atoms with van der Waals surface area (Å²) < 4.78 is 0. The Hall–Kier alpha value is -1.22. The van der Waals surface area contributed by atoms with E-state index in [0.717, 1.165) is 5.92 Å². The first-order valence-electron chi connectivity index (χ1n) is 7.70. The Morgan fingerprint density at radius 1 is 1.35 bits per heavy atom. The summed E-state index contributed by atoms with van der Waals surface area (Å²) in [7, 11) is 6.40. The van der Waals surface area contributed by atoms with Crippen LogP contribution in [-0.2, 0) is 0 Å². The van der Waals surface area contributed by atoms with Gasteiger partial charge in [0.2, 0.25) is 0 Å². The molecule has 0 aromatic heterocycles. The zero-order valence-electron chi connectivity index (χ0n) is 13.6. The van der Waals surface area contributed by atoms with Crippen molar-refractivity contribution in [2.24, 2.45) is 5.92 Å². The number of aryl methyl sites for hydroxylation is 1. The molecule has 0 radical (unpaired) electrons. The fourth-order valence-corrected chi connectivity index (χ4v) is 3.07. The van der Waals surface area contributed by atoms with Gasteiger partial charge in [0.15, 0.2) is 0 Å². The van der Waals surface area contributed by atoms with Gasteiger partial charge >= 0.3 is 0 Å². The number of hydrogen-bond acceptors (Lipinski definition) is 3. The Kier molecular flexibility index (Phi) is 4.92. The molecule has 0 saturated carbocycles. The fraction of sp³-hybridized carbons (Fsp3) is 0.647. The molecule has 2 rings (SSSR count). The van der Waals surface area contributed by atoms with Gasteiger partial charge in [-0.25, -0.2) is 0 Å². The maximum Gasteiger partial charge on any atom is 0.0373 e. The lowest BCUT2D eigenvalue weighted by Gasteiger charge is -2.34. The van der Waals surface area contributed by atoms with Crippen molar-refractivity contribution < 1.29 is 0 Å². The van der Waals surface area contributed by atoms with Crippen LogP contribution in [0.5, 0.6) is 0 Å². The highest BCUT2D eigenvalue weighted by Gasteiger charge is 2.22. The first kappa shape index (κ1) is 15.2. The van der Waals surface area contributed by atoms with Crippen molar-refractivity contribution in [1.29, 1.82) is 0 Å². The van der Waals surface area contributed by atoms with Crippen LogP contribution in [0.2, 0.25) is 0 Å². The van der Waals surface area contributed by atoms with Crippen molar-refractivity contribution in [2.75, 3.05) is 44.4 Å². The number of rotatable bonds is 4. The summed E-state index contributed by atoms with van der Waals surface area (Å²) in [6.45, 7) is 6.97. The molecule has 20 heavy (non-hydrogen) atoms. The van der Waals surface area contributed by atoms with E-state index < -0.39 is 0 Å². The van der Waals surface area contributed by atoms with Crippen LogP contribution in [0.15, 0.2) is 18.2 Å². The normalized spacial score (nSPS) is 21.6. The Balaban J connectivity index is 2.02. The summed E-state index contributed by atoms with van der Waals surface area (Å²) in [6.07, 6.45) is 2.67. The van der Waals surface area contributed by atoms with Gasteiger partial charge in [-0.1, -0.05) is 0 Å². The Bertz CT molecular complexity index is 442. The summed E-state index contributed by atoms with van der Waals surface area (Å²) in [6, 6.07) is 7.19. The maximum atomic E-state index is 3.72. The van der Waals surface area contributed by atoms with E-state index in [2.05, 4.69) is 68.3 Å². The van der Waals surface area contributed by atoms with Crippen LogP contribution in [0.25, 0.3) is 0 Å². The van der Waals surface area contributed by atoms with Gasteiger partial charge in [0.25, 0.3) is 0 Å². The van der Waals surface area contributed by atoms with Gasteiger partial charge in [-0.15, -0.1) is 0 Å². The van der Waals surface area contributed by atoms with Crippen molar-refractivity contribution in [3.63, 3.8) is 0 Å². The van der Waals surface area contributed by atoms with Crippen molar-refractivity contribution in [2.45, 2.75) is 32.7 Å². The molecule has 1 saturated heterocycles. The second-order valence-corrected chi connectivity index (χ2v) is 6.49. The van der Waals surface area contributed by atoms with Crippen LogP contribution in [0, 0.1) is 12.8 Å². The number of nitrogens with zero attached hydrogens (tertiary/aromatic N) is 2. The number of likely N-dealkylation sites (tertiary alicyclic amines) is 1. The average Bonchev–Trinajstić information content (AvgIpc) is 2.40. The van der Waals surface area contributed by atoms with E-state index in [9.17, 15) is 0 Å². The van der Waals surface area contributed by atoms with Crippen LogP contribution in [0.1, 0.15) is 25.3 Å². The Morgan fingerprint density at radius 3 is 2.70 bits per heavy atom. The van der Waals surface area contributed by atoms with Gasteiger partial charge in [0.1, 0.15) is 0 Å². The van der Waals surface area contributed by atoms with Crippen LogP contribution in [-0.4, -0.2) is 45.2 Å². The maximum absolute atomic E-state index is 3.72. The third kappa shape index (κ3) is 3.66. The van der Waals surface area contributed by atoms with Crippen molar-refractivity contribution in [3.8, 4) is 0 Å². The fourth-order valence-electron chi connectivity index (χ4n) is 3.07. The molecule has 1 N–H and O–H groups in total. The minimum atomic E-state index is 0.529. The molecule has 1 aromatic carbocycles. The highest BCUT2D eigenvalue weighted by Crippen LogP contribution is 2.25. The lowest BCUT2D eigenvalue weighted by molar-refractivity contribution is 0.197. The predicted molar refractivity (Wildman–Crippen MR) is 88.8 cm³/mol. The lowest BCUT2D eigenvalue weighted by Crippen LogP contribution is -2.39. The molecule has 0 aliphatic carbocycles. The van der Waals surface area contributed by atoms with Crippen LogP contribution < -0.4 is 10.2 Å². The molecule has 1 aliphatic heterocycles. The highest BCUT2D eigenvalue weighted by atomic mass is 15.1. The molecule has 0 bridgehead atoms. The second kappa shape index (κ2) is 6.49. The topological polar surface area (TPSA) is 18.5 Å². The first-order valence-corrected chi connectivity index (χ1v) is 7.70. The van der Waals surface area contributed by atoms with Gasteiger partial charge in [0.05, 0.1) is 0 Å². The summed E-state index contributed by atoms with van der Waals surface area (Å²) in [4.78, 5) is 4.60. The molecule has 3 nitrogen and oxygen atoms in total. The molecule has 1 fully saturated rings. The second-order valence-electron chi connectivity index (χ2n) is 6.49. The molecule has 112 valence electrons. The van der Waals surface area contributed by atoms with Crippen molar-refractivity contribution in [1.82, 2.24) is 4.90 Å². The zero-order chi connectivity index (χ0) is 14.7. The quantitative estimate of drug-likeness (QED) is 0.910. The third-order valence-electron chi connectivity index (χ3n) is 4.48. The molecular formula is C17H29N3. The van der Waals surface area contributed by atoms with Gasteiger partial charge < -0.3 is 15.1 Å². The van der Waals surface area contributed by atoms with E-state index in [1.165, 1.54) is 42.9 Å². The predicted octanol–water partition coefficient (Wildman–Crippen LogP) is 3.20. The SMILES string of the molecule is Cc1cc(N(C)C)ccc1NC(C)C1CCCN(C)C1. The van der Waals surface area contributed by atoms with E-state index in [0.29, 0.717) is 6.04 Å². The van der Waals surface area contributed by atoms with Crippen LogP contribution >= 0.6 is 0 Å². The van der Waals surface area contributed by atoms with E-state index in [-0.39, 0.29) is 0 Å². The first-order chi connectivity index (χ1) is 9.47. The number of anilines is 2. The number of nitrogens with one attached hydrogen (secondary N) is 1. The Morgan fingerprint density at radius 2 is 2.10 bits per heavy atom. The zero-order valence-corrected chi connectivity index (χ0v) is 13.6. The number of hydrogen-bond donors (Lipinski definition) is 1. The van der Waals surface area contributed by atoms with E-state index in [1.807, 2.05) is 0 Å². The minimum Gasteiger partial charge on any atom is -0.382 e. The van der Waals surface area contributed by atoms with Gasteiger partial charge in [-0.05, 0) is 70.0 Å². The Labute approximate surface area is 124 Å². The molecule has 1 aromatic rings. The van der Waals surface area contributed by atoms with E-state index >= 15 is 0 Å². The van der Waals surface area contributed by atoms with Gasteiger partial charge in [-0.2, -0.15) is 0 Å². The molecule has 0 amide bonds. The van der Waals surface area contributed by atoms with E-state index in [4.69, 9.17) is 0 Å². The molecule has 1 heterocycles.